The molecule has 3 N–H and O–H groups in total. The van der Waals surface area contributed by atoms with Crippen molar-refractivity contribution in [3.8, 4) is 5.75 Å². The number of aromatic amines is 1. The quantitative estimate of drug-likeness (QED) is 0.781. The Bertz CT molecular complexity index is 833. The number of hydrogen-bond acceptors (Lipinski definition) is 4. The van der Waals surface area contributed by atoms with E-state index in [1.165, 1.54) is 0 Å². The Labute approximate surface area is 138 Å². The van der Waals surface area contributed by atoms with E-state index >= 15 is 0 Å². The molecule has 3 heterocycles. The predicted octanol–water partition coefficient (Wildman–Crippen LogP) is 1.71. The standard InChI is InChI=1S/C17H19N3O4/c21-12-3-1-2-10(8-12)13-9-14(22)18-16-15(13)17(23)19-20(16)11-4-6-24-7-5-11/h1-3,8,11,13,21H,4-7,9H2,(H,18,22)(H,19,23)/t13-/m0/s1. The summed E-state index contributed by atoms with van der Waals surface area (Å²) >= 11 is 0. The number of carbonyl (C=O) groups is 1. The Morgan fingerprint density at radius 2 is 2.00 bits per heavy atom. The van der Waals surface area contributed by atoms with E-state index < -0.39 is 0 Å². The van der Waals surface area contributed by atoms with Crippen molar-refractivity contribution in [3.05, 3.63) is 45.7 Å². The third kappa shape index (κ3) is 2.50. The van der Waals surface area contributed by atoms with Crippen molar-refractivity contribution in [1.29, 1.82) is 0 Å². The van der Waals surface area contributed by atoms with Crippen molar-refractivity contribution < 1.29 is 14.6 Å². The molecule has 126 valence electrons. The van der Waals surface area contributed by atoms with Gasteiger partial charge in [-0.3, -0.25) is 19.4 Å². The number of ether oxygens (including phenoxy) is 1. The van der Waals surface area contributed by atoms with Gasteiger partial charge in [-0.15, -0.1) is 0 Å². The maximum absolute atomic E-state index is 12.6. The predicted molar refractivity (Wildman–Crippen MR) is 87.3 cm³/mol. The normalized spacial score (nSPS) is 21.3. The summed E-state index contributed by atoms with van der Waals surface area (Å²) in [6.07, 6.45) is 1.78. The van der Waals surface area contributed by atoms with Crippen LogP contribution in [0.15, 0.2) is 29.1 Å². The van der Waals surface area contributed by atoms with Crippen molar-refractivity contribution in [2.45, 2.75) is 31.2 Å². The van der Waals surface area contributed by atoms with E-state index in [0.717, 1.165) is 18.4 Å². The lowest BCUT2D eigenvalue weighted by molar-refractivity contribution is -0.116. The van der Waals surface area contributed by atoms with E-state index in [1.807, 2.05) is 6.07 Å². The van der Waals surface area contributed by atoms with Gasteiger partial charge >= 0.3 is 0 Å². The lowest BCUT2D eigenvalue weighted by Crippen LogP contribution is -2.28. The number of nitrogens with one attached hydrogen (secondary N) is 2. The van der Waals surface area contributed by atoms with Gasteiger partial charge in [-0.1, -0.05) is 12.1 Å². The number of hydrogen-bond donors (Lipinski definition) is 3. The first-order valence-electron chi connectivity index (χ1n) is 8.14. The molecule has 1 atom stereocenters. The fraction of sp³-hybridized carbons (Fsp3) is 0.412. The van der Waals surface area contributed by atoms with Crippen LogP contribution in [0.2, 0.25) is 0 Å². The van der Waals surface area contributed by atoms with Gasteiger partial charge in [0.2, 0.25) is 5.91 Å². The number of fused-ring (bicyclic) bond motifs is 1. The highest BCUT2D eigenvalue weighted by molar-refractivity contribution is 5.94. The minimum absolute atomic E-state index is 0.110. The van der Waals surface area contributed by atoms with Gasteiger partial charge in [0.15, 0.2) is 0 Å². The van der Waals surface area contributed by atoms with Crippen LogP contribution in [0.5, 0.6) is 5.75 Å². The molecule has 0 bridgehead atoms. The molecule has 0 radical (unpaired) electrons. The van der Waals surface area contributed by atoms with Crippen molar-refractivity contribution >= 4 is 11.7 Å². The van der Waals surface area contributed by atoms with Crippen LogP contribution in [0.4, 0.5) is 5.82 Å². The third-order valence-corrected chi connectivity index (χ3v) is 4.79. The van der Waals surface area contributed by atoms with Crippen LogP contribution in [0.1, 0.15) is 42.3 Å². The monoisotopic (exact) mass is 329 g/mol. The molecule has 1 fully saturated rings. The zero-order chi connectivity index (χ0) is 16.7. The molecule has 1 aromatic heterocycles. The number of anilines is 1. The van der Waals surface area contributed by atoms with Gasteiger partial charge in [-0.25, -0.2) is 0 Å². The smallest absolute Gasteiger partial charge is 0.270 e. The summed E-state index contributed by atoms with van der Waals surface area (Å²) in [4.78, 5) is 24.8. The summed E-state index contributed by atoms with van der Waals surface area (Å²) in [5.74, 6) is 0.193. The van der Waals surface area contributed by atoms with Gasteiger partial charge in [-0.2, -0.15) is 0 Å². The SMILES string of the molecule is O=C1C[C@@H](c2cccc(O)c2)c2c(n(C3CCOCC3)[nH]c2=O)N1. The average Bonchev–Trinajstić information content (AvgIpc) is 2.91. The number of benzene rings is 1. The molecule has 7 heteroatoms. The molecule has 1 saturated heterocycles. The highest BCUT2D eigenvalue weighted by atomic mass is 16.5. The zero-order valence-electron chi connectivity index (χ0n) is 13.1. The fourth-order valence-corrected chi connectivity index (χ4v) is 3.63. The minimum Gasteiger partial charge on any atom is -0.508 e. The summed E-state index contributed by atoms with van der Waals surface area (Å²) in [6.45, 7) is 1.28. The van der Waals surface area contributed by atoms with Crippen molar-refractivity contribution in [2.24, 2.45) is 0 Å². The molecule has 0 spiro atoms. The van der Waals surface area contributed by atoms with Gasteiger partial charge in [0.05, 0.1) is 11.6 Å². The van der Waals surface area contributed by atoms with Crippen LogP contribution in [-0.2, 0) is 9.53 Å². The number of phenols is 1. The van der Waals surface area contributed by atoms with Crippen molar-refractivity contribution in [1.82, 2.24) is 9.78 Å². The molecule has 1 aromatic carbocycles. The summed E-state index contributed by atoms with van der Waals surface area (Å²) in [6, 6.07) is 6.85. The number of rotatable bonds is 2. The van der Waals surface area contributed by atoms with Gasteiger partial charge in [0.25, 0.3) is 5.56 Å². The molecule has 0 saturated carbocycles. The Morgan fingerprint density at radius 1 is 1.21 bits per heavy atom. The van der Waals surface area contributed by atoms with E-state index in [2.05, 4.69) is 10.4 Å². The van der Waals surface area contributed by atoms with E-state index in [9.17, 15) is 14.7 Å². The Morgan fingerprint density at radius 3 is 2.75 bits per heavy atom. The number of amides is 1. The second-order valence-corrected chi connectivity index (χ2v) is 6.32. The highest BCUT2D eigenvalue weighted by Gasteiger charge is 2.34. The number of aromatic hydroxyl groups is 1. The van der Waals surface area contributed by atoms with Crippen molar-refractivity contribution in [2.75, 3.05) is 18.5 Å². The number of H-pyrrole nitrogens is 1. The maximum Gasteiger partial charge on any atom is 0.270 e. The van der Waals surface area contributed by atoms with Gasteiger partial charge < -0.3 is 15.2 Å². The molecule has 0 aliphatic carbocycles. The Kier molecular flexibility index (Phi) is 3.65. The largest absolute Gasteiger partial charge is 0.508 e. The van der Waals surface area contributed by atoms with E-state index in [0.29, 0.717) is 24.6 Å². The van der Waals surface area contributed by atoms with E-state index in [-0.39, 0.29) is 35.6 Å². The van der Waals surface area contributed by atoms with Crippen LogP contribution in [0, 0.1) is 0 Å². The lowest BCUT2D eigenvalue weighted by Gasteiger charge is -2.28. The molecule has 24 heavy (non-hydrogen) atoms. The molecular formula is C17H19N3O4. The molecule has 2 aromatic rings. The van der Waals surface area contributed by atoms with E-state index in [4.69, 9.17) is 4.74 Å². The van der Waals surface area contributed by atoms with Crippen LogP contribution in [0.25, 0.3) is 0 Å². The average molecular weight is 329 g/mol. The van der Waals surface area contributed by atoms with E-state index in [1.54, 1.807) is 22.9 Å². The highest BCUT2D eigenvalue weighted by Crippen LogP contribution is 2.37. The van der Waals surface area contributed by atoms with Gasteiger partial charge in [0.1, 0.15) is 11.6 Å². The Balaban J connectivity index is 1.81. The first-order valence-corrected chi connectivity index (χ1v) is 8.14. The zero-order valence-corrected chi connectivity index (χ0v) is 13.1. The second-order valence-electron chi connectivity index (χ2n) is 6.32. The molecule has 0 unspecified atom stereocenters. The minimum atomic E-state index is -0.356. The number of nitrogens with zero attached hydrogens (tertiary/aromatic N) is 1. The molecule has 2 aliphatic rings. The molecule has 4 rings (SSSR count). The Hall–Kier alpha value is -2.54. The topological polar surface area (TPSA) is 96.3 Å². The summed E-state index contributed by atoms with van der Waals surface area (Å²) in [5, 5.41) is 15.5. The summed E-state index contributed by atoms with van der Waals surface area (Å²) in [7, 11) is 0. The molecule has 7 nitrogen and oxygen atoms in total. The summed E-state index contributed by atoms with van der Waals surface area (Å²) in [5.41, 5.74) is 1.14. The van der Waals surface area contributed by atoms with Crippen LogP contribution in [-0.4, -0.2) is 34.0 Å². The maximum atomic E-state index is 12.6. The number of carbonyl (C=O) groups excluding carboxylic acids is 1. The fourth-order valence-electron chi connectivity index (χ4n) is 3.63. The molecular weight excluding hydrogens is 310 g/mol. The lowest BCUT2D eigenvalue weighted by atomic mass is 9.87. The van der Waals surface area contributed by atoms with Crippen molar-refractivity contribution in [3.63, 3.8) is 0 Å². The van der Waals surface area contributed by atoms with Gasteiger partial charge in [0, 0.05) is 25.6 Å². The number of phenolic OH excluding ortho intramolecular Hbond substituents is 1. The van der Waals surface area contributed by atoms with Gasteiger partial charge in [-0.05, 0) is 30.5 Å². The first-order chi connectivity index (χ1) is 11.6. The van der Waals surface area contributed by atoms with Crippen LogP contribution in [0.3, 0.4) is 0 Å². The van der Waals surface area contributed by atoms with Crippen LogP contribution < -0.4 is 10.9 Å². The third-order valence-electron chi connectivity index (χ3n) is 4.79. The molecule has 1 amide bonds. The summed E-state index contributed by atoms with van der Waals surface area (Å²) < 4.78 is 7.16. The number of aromatic nitrogens is 2. The second kappa shape index (κ2) is 5.83. The van der Waals surface area contributed by atoms with Crippen LogP contribution >= 0.6 is 0 Å². The molecule has 2 aliphatic heterocycles. The first kappa shape index (κ1) is 15.0.